The van der Waals surface area contributed by atoms with E-state index in [2.05, 4.69) is 11.8 Å². The summed E-state index contributed by atoms with van der Waals surface area (Å²) < 4.78 is 14.4. The molecule has 1 unspecified atom stereocenters. The van der Waals surface area contributed by atoms with Crippen LogP contribution < -0.4 is 10.6 Å². The maximum Gasteiger partial charge on any atom is 0.146 e. The molecule has 1 saturated carbocycles. The Morgan fingerprint density at radius 1 is 1.30 bits per heavy atom. The second-order valence-corrected chi connectivity index (χ2v) is 6.01. The Bertz CT molecular complexity index is 425. The van der Waals surface area contributed by atoms with E-state index in [1.54, 1.807) is 12.1 Å². The van der Waals surface area contributed by atoms with Gasteiger partial charge in [0.05, 0.1) is 5.69 Å². The van der Waals surface area contributed by atoms with Gasteiger partial charge >= 0.3 is 0 Å². The van der Waals surface area contributed by atoms with E-state index >= 15 is 0 Å². The molecule has 1 aromatic rings. The van der Waals surface area contributed by atoms with Crippen molar-refractivity contribution >= 4 is 5.69 Å². The molecule has 0 aliphatic heterocycles. The first-order chi connectivity index (χ1) is 9.63. The van der Waals surface area contributed by atoms with Gasteiger partial charge in [-0.2, -0.15) is 0 Å². The van der Waals surface area contributed by atoms with Crippen molar-refractivity contribution in [3.05, 3.63) is 29.6 Å². The van der Waals surface area contributed by atoms with Crippen LogP contribution in [0, 0.1) is 5.82 Å². The lowest BCUT2D eigenvalue weighted by Gasteiger charge is -2.37. The first-order valence-corrected chi connectivity index (χ1v) is 7.93. The SMILES string of the molecule is CCN(c1c(F)cccc1CC(C)N)C1CCCCC1. The van der Waals surface area contributed by atoms with Crippen molar-refractivity contribution in [2.75, 3.05) is 11.4 Å². The molecule has 1 aromatic carbocycles. The minimum absolute atomic E-state index is 0.0561. The number of para-hydroxylation sites is 1. The summed E-state index contributed by atoms with van der Waals surface area (Å²) in [6.45, 7) is 4.96. The summed E-state index contributed by atoms with van der Waals surface area (Å²) in [7, 11) is 0. The fraction of sp³-hybridized carbons (Fsp3) is 0.647. The Morgan fingerprint density at radius 2 is 2.00 bits per heavy atom. The normalized spacial score (nSPS) is 18.0. The Kier molecular flexibility index (Phi) is 5.41. The predicted octanol–water partition coefficient (Wildman–Crippen LogP) is 3.87. The number of benzene rings is 1. The van der Waals surface area contributed by atoms with Crippen molar-refractivity contribution in [3.8, 4) is 0 Å². The number of hydrogen-bond donors (Lipinski definition) is 1. The van der Waals surface area contributed by atoms with Crippen molar-refractivity contribution in [3.63, 3.8) is 0 Å². The van der Waals surface area contributed by atoms with E-state index in [0.717, 1.165) is 24.2 Å². The van der Waals surface area contributed by atoms with Crippen molar-refractivity contribution in [1.82, 2.24) is 0 Å². The summed E-state index contributed by atoms with van der Waals surface area (Å²) in [5.41, 5.74) is 7.76. The molecule has 3 heteroatoms. The summed E-state index contributed by atoms with van der Waals surface area (Å²) in [4.78, 5) is 2.27. The smallest absolute Gasteiger partial charge is 0.146 e. The maximum atomic E-state index is 14.4. The van der Waals surface area contributed by atoms with Crippen LogP contribution in [0.2, 0.25) is 0 Å². The first kappa shape index (κ1) is 15.3. The zero-order valence-corrected chi connectivity index (χ0v) is 12.7. The molecular formula is C17H27FN2. The quantitative estimate of drug-likeness (QED) is 0.885. The van der Waals surface area contributed by atoms with Crippen molar-refractivity contribution in [1.29, 1.82) is 0 Å². The maximum absolute atomic E-state index is 14.4. The monoisotopic (exact) mass is 278 g/mol. The van der Waals surface area contributed by atoms with Crippen LogP contribution >= 0.6 is 0 Å². The second kappa shape index (κ2) is 7.07. The summed E-state index contributed by atoms with van der Waals surface area (Å²) >= 11 is 0. The Hall–Kier alpha value is -1.09. The number of rotatable bonds is 5. The standard InChI is InChI=1S/C17H27FN2/c1-3-20(15-9-5-4-6-10-15)17-14(12-13(2)19)8-7-11-16(17)18/h7-8,11,13,15H,3-6,9-10,12,19H2,1-2H3. The molecule has 2 N–H and O–H groups in total. The molecule has 112 valence electrons. The Morgan fingerprint density at radius 3 is 2.60 bits per heavy atom. The highest BCUT2D eigenvalue weighted by atomic mass is 19.1. The van der Waals surface area contributed by atoms with E-state index in [0.29, 0.717) is 6.04 Å². The van der Waals surface area contributed by atoms with Crippen LogP contribution in [0.5, 0.6) is 0 Å². The van der Waals surface area contributed by atoms with Gasteiger partial charge in [0, 0.05) is 18.6 Å². The average molecular weight is 278 g/mol. The molecule has 0 aromatic heterocycles. The third-order valence-corrected chi connectivity index (χ3v) is 4.26. The summed E-state index contributed by atoms with van der Waals surface area (Å²) in [6.07, 6.45) is 6.93. The van der Waals surface area contributed by atoms with Gasteiger partial charge in [0.2, 0.25) is 0 Å². The number of nitrogens with zero attached hydrogens (tertiary/aromatic N) is 1. The van der Waals surface area contributed by atoms with E-state index in [1.165, 1.54) is 32.1 Å². The zero-order chi connectivity index (χ0) is 14.5. The minimum atomic E-state index is -0.101. The van der Waals surface area contributed by atoms with Gasteiger partial charge in [-0.15, -0.1) is 0 Å². The molecule has 0 bridgehead atoms. The molecule has 0 spiro atoms. The highest BCUT2D eigenvalue weighted by Crippen LogP contribution is 2.32. The van der Waals surface area contributed by atoms with E-state index < -0.39 is 0 Å². The van der Waals surface area contributed by atoms with E-state index in [-0.39, 0.29) is 11.9 Å². The van der Waals surface area contributed by atoms with Gasteiger partial charge in [-0.05, 0) is 44.7 Å². The second-order valence-electron chi connectivity index (χ2n) is 6.01. The minimum Gasteiger partial charge on any atom is -0.366 e. The number of hydrogen-bond acceptors (Lipinski definition) is 2. The van der Waals surface area contributed by atoms with Crippen molar-refractivity contribution in [2.45, 2.75) is 64.5 Å². The fourth-order valence-corrected chi connectivity index (χ4v) is 3.38. The van der Waals surface area contributed by atoms with Crippen LogP contribution in [0.3, 0.4) is 0 Å². The first-order valence-electron chi connectivity index (χ1n) is 7.93. The highest BCUT2D eigenvalue weighted by molar-refractivity contribution is 5.56. The molecule has 1 aliphatic rings. The molecule has 0 saturated heterocycles. The highest BCUT2D eigenvalue weighted by Gasteiger charge is 2.24. The van der Waals surface area contributed by atoms with Gasteiger partial charge in [0.1, 0.15) is 5.82 Å². The number of nitrogens with two attached hydrogens (primary N) is 1. The predicted molar refractivity (Wildman–Crippen MR) is 83.6 cm³/mol. The molecule has 1 atom stereocenters. The van der Waals surface area contributed by atoms with Crippen LogP contribution in [-0.2, 0) is 6.42 Å². The van der Waals surface area contributed by atoms with Crippen LogP contribution in [0.1, 0.15) is 51.5 Å². The van der Waals surface area contributed by atoms with Gasteiger partial charge < -0.3 is 10.6 Å². The molecule has 0 heterocycles. The molecule has 0 amide bonds. The number of halogens is 1. The summed E-state index contributed by atoms with van der Waals surface area (Å²) in [6, 6.07) is 5.93. The molecule has 1 fully saturated rings. The van der Waals surface area contributed by atoms with Crippen molar-refractivity contribution < 1.29 is 4.39 Å². The van der Waals surface area contributed by atoms with Gasteiger partial charge in [0.25, 0.3) is 0 Å². The summed E-state index contributed by atoms with van der Waals surface area (Å²) in [5.74, 6) is -0.101. The molecule has 1 aliphatic carbocycles. The third kappa shape index (κ3) is 3.51. The van der Waals surface area contributed by atoms with Gasteiger partial charge in [-0.3, -0.25) is 0 Å². The zero-order valence-electron chi connectivity index (χ0n) is 12.7. The van der Waals surface area contributed by atoms with E-state index in [1.807, 2.05) is 13.0 Å². The lowest BCUT2D eigenvalue weighted by molar-refractivity contribution is 0.414. The summed E-state index contributed by atoms with van der Waals surface area (Å²) in [5, 5.41) is 0. The number of anilines is 1. The van der Waals surface area contributed by atoms with Crippen LogP contribution in [-0.4, -0.2) is 18.6 Å². The van der Waals surface area contributed by atoms with Crippen LogP contribution in [0.15, 0.2) is 18.2 Å². The lowest BCUT2D eigenvalue weighted by atomic mass is 9.92. The molecule has 20 heavy (non-hydrogen) atoms. The Labute approximate surface area is 122 Å². The van der Waals surface area contributed by atoms with Gasteiger partial charge in [-0.1, -0.05) is 31.4 Å². The average Bonchev–Trinajstić information content (AvgIpc) is 2.43. The van der Waals surface area contributed by atoms with Crippen LogP contribution in [0.25, 0.3) is 0 Å². The Balaban J connectivity index is 2.31. The van der Waals surface area contributed by atoms with E-state index in [9.17, 15) is 4.39 Å². The fourth-order valence-electron chi connectivity index (χ4n) is 3.38. The van der Waals surface area contributed by atoms with Crippen LogP contribution in [0.4, 0.5) is 10.1 Å². The topological polar surface area (TPSA) is 29.3 Å². The van der Waals surface area contributed by atoms with Crippen molar-refractivity contribution in [2.24, 2.45) is 5.73 Å². The lowest BCUT2D eigenvalue weighted by Crippen LogP contribution is -2.38. The van der Waals surface area contributed by atoms with E-state index in [4.69, 9.17) is 5.73 Å². The van der Waals surface area contributed by atoms with Gasteiger partial charge in [-0.25, -0.2) is 4.39 Å². The molecule has 0 radical (unpaired) electrons. The molecule has 2 nitrogen and oxygen atoms in total. The largest absolute Gasteiger partial charge is 0.366 e. The van der Waals surface area contributed by atoms with Gasteiger partial charge in [0.15, 0.2) is 0 Å². The molecular weight excluding hydrogens is 251 g/mol. The molecule has 2 rings (SSSR count). The third-order valence-electron chi connectivity index (χ3n) is 4.26.